The maximum absolute atomic E-state index is 10.9. The summed E-state index contributed by atoms with van der Waals surface area (Å²) in [6, 6.07) is 14.6. The summed E-state index contributed by atoms with van der Waals surface area (Å²) in [5, 5.41) is 15.2. The Morgan fingerprint density at radius 2 is 1.88 bits per heavy atom. The Morgan fingerprint density at radius 1 is 1.17 bits per heavy atom. The SMILES string of the molecule is O=[N+]([O-])c1cccc(CNC2(c3ccc(Cl)cc3)CCOCC2)c1. The van der Waals surface area contributed by atoms with E-state index in [-0.39, 0.29) is 16.1 Å². The molecule has 126 valence electrons. The molecule has 0 aliphatic carbocycles. The van der Waals surface area contributed by atoms with Crippen molar-refractivity contribution in [2.75, 3.05) is 13.2 Å². The highest BCUT2D eigenvalue weighted by Crippen LogP contribution is 2.33. The van der Waals surface area contributed by atoms with Gasteiger partial charge < -0.3 is 10.1 Å². The summed E-state index contributed by atoms with van der Waals surface area (Å²) in [4.78, 5) is 10.6. The second kappa shape index (κ2) is 7.30. The molecule has 2 aromatic rings. The molecule has 0 amide bonds. The average molecular weight is 347 g/mol. The zero-order valence-corrected chi connectivity index (χ0v) is 14.0. The quantitative estimate of drug-likeness (QED) is 0.655. The molecule has 3 rings (SSSR count). The predicted molar refractivity (Wildman–Crippen MR) is 93.1 cm³/mol. The van der Waals surface area contributed by atoms with Crippen LogP contribution in [0.1, 0.15) is 24.0 Å². The van der Waals surface area contributed by atoms with E-state index in [2.05, 4.69) is 5.32 Å². The third kappa shape index (κ3) is 3.75. The number of ether oxygens (including phenoxy) is 1. The number of hydrogen-bond donors (Lipinski definition) is 1. The molecular weight excluding hydrogens is 328 g/mol. The minimum atomic E-state index is -0.368. The molecule has 1 aliphatic heterocycles. The van der Waals surface area contributed by atoms with Crippen molar-refractivity contribution >= 4 is 17.3 Å². The van der Waals surface area contributed by atoms with Crippen LogP contribution in [0.3, 0.4) is 0 Å². The minimum Gasteiger partial charge on any atom is -0.381 e. The van der Waals surface area contributed by atoms with Gasteiger partial charge in [-0.3, -0.25) is 10.1 Å². The van der Waals surface area contributed by atoms with E-state index in [9.17, 15) is 10.1 Å². The lowest BCUT2D eigenvalue weighted by Gasteiger charge is -2.39. The topological polar surface area (TPSA) is 64.4 Å². The minimum absolute atomic E-state index is 0.113. The second-order valence-corrected chi connectivity index (χ2v) is 6.42. The van der Waals surface area contributed by atoms with Gasteiger partial charge in [0.2, 0.25) is 0 Å². The molecule has 0 spiro atoms. The van der Waals surface area contributed by atoms with E-state index >= 15 is 0 Å². The number of nitro groups is 1. The van der Waals surface area contributed by atoms with E-state index < -0.39 is 0 Å². The van der Waals surface area contributed by atoms with Gasteiger partial charge in [-0.25, -0.2) is 0 Å². The van der Waals surface area contributed by atoms with Crippen molar-refractivity contribution in [2.24, 2.45) is 0 Å². The smallest absolute Gasteiger partial charge is 0.269 e. The summed E-state index contributed by atoms with van der Waals surface area (Å²) < 4.78 is 5.52. The molecular formula is C18H19ClN2O3. The second-order valence-electron chi connectivity index (χ2n) is 5.98. The number of benzene rings is 2. The highest BCUT2D eigenvalue weighted by atomic mass is 35.5. The molecule has 0 atom stereocenters. The van der Waals surface area contributed by atoms with Crippen LogP contribution in [0, 0.1) is 10.1 Å². The van der Waals surface area contributed by atoms with E-state index in [1.165, 1.54) is 11.6 Å². The Labute approximate surface area is 145 Å². The van der Waals surface area contributed by atoms with Gasteiger partial charge >= 0.3 is 0 Å². The molecule has 0 bridgehead atoms. The van der Waals surface area contributed by atoms with Crippen LogP contribution in [0.5, 0.6) is 0 Å². The molecule has 24 heavy (non-hydrogen) atoms. The largest absolute Gasteiger partial charge is 0.381 e. The Kier molecular flexibility index (Phi) is 5.14. The van der Waals surface area contributed by atoms with Crippen molar-refractivity contribution in [3.05, 3.63) is 74.8 Å². The van der Waals surface area contributed by atoms with Crippen LogP contribution in [0.25, 0.3) is 0 Å². The monoisotopic (exact) mass is 346 g/mol. The van der Waals surface area contributed by atoms with Crippen molar-refractivity contribution in [3.8, 4) is 0 Å². The van der Waals surface area contributed by atoms with Gasteiger partial charge in [0.05, 0.1) is 4.92 Å². The zero-order chi connectivity index (χ0) is 17.0. The molecule has 1 aliphatic rings. The Bertz CT molecular complexity index is 712. The molecule has 0 radical (unpaired) electrons. The number of non-ortho nitro benzene ring substituents is 1. The number of nitrogens with one attached hydrogen (secondary N) is 1. The highest BCUT2D eigenvalue weighted by molar-refractivity contribution is 6.30. The standard InChI is InChI=1S/C18H19ClN2O3/c19-16-6-4-15(5-7-16)18(8-10-24-11-9-18)20-13-14-2-1-3-17(12-14)21(22)23/h1-7,12,20H,8-11,13H2. The number of halogens is 1. The van der Waals surface area contributed by atoms with Crippen molar-refractivity contribution in [3.63, 3.8) is 0 Å². The molecule has 0 unspecified atom stereocenters. The Hall–Kier alpha value is -1.95. The maximum atomic E-state index is 10.9. The Balaban J connectivity index is 1.81. The van der Waals surface area contributed by atoms with E-state index in [0.29, 0.717) is 24.8 Å². The van der Waals surface area contributed by atoms with Crippen LogP contribution in [-0.2, 0) is 16.8 Å². The fourth-order valence-corrected chi connectivity index (χ4v) is 3.23. The molecule has 2 aromatic carbocycles. The molecule has 1 saturated heterocycles. The summed E-state index contributed by atoms with van der Waals surface area (Å²) in [5.74, 6) is 0. The summed E-state index contributed by atoms with van der Waals surface area (Å²) in [5.41, 5.74) is 1.97. The first kappa shape index (κ1) is 16.9. The third-order valence-corrected chi connectivity index (χ3v) is 4.75. The van der Waals surface area contributed by atoms with E-state index in [1.54, 1.807) is 12.1 Å². The molecule has 0 aromatic heterocycles. The summed E-state index contributed by atoms with van der Waals surface area (Å²) in [6.07, 6.45) is 1.70. The fraction of sp³-hybridized carbons (Fsp3) is 0.333. The molecule has 1 fully saturated rings. The van der Waals surface area contributed by atoms with Crippen LogP contribution < -0.4 is 5.32 Å². The van der Waals surface area contributed by atoms with Crippen molar-refractivity contribution < 1.29 is 9.66 Å². The van der Waals surface area contributed by atoms with Gasteiger partial charge in [0, 0.05) is 42.5 Å². The van der Waals surface area contributed by atoms with E-state index in [1.807, 2.05) is 30.3 Å². The lowest BCUT2D eigenvalue weighted by atomic mass is 9.82. The van der Waals surface area contributed by atoms with E-state index in [4.69, 9.17) is 16.3 Å². The van der Waals surface area contributed by atoms with Crippen LogP contribution >= 0.6 is 11.6 Å². The van der Waals surface area contributed by atoms with Gasteiger partial charge in [0.15, 0.2) is 0 Å². The van der Waals surface area contributed by atoms with Crippen LogP contribution in [-0.4, -0.2) is 18.1 Å². The van der Waals surface area contributed by atoms with Gasteiger partial charge in [-0.2, -0.15) is 0 Å². The number of rotatable bonds is 5. The van der Waals surface area contributed by atoms with Gasteiger partial charge in [0.1, 0.15) is 0 Å². The van der Waals surface area contributed by atoms with Gasteiger partial charge in [0.25, 0.3) is 5.69 Å². The third-order valence-electron chi connectivity index (χ3n) is 4.50. The molecule has 5 nitrogen and oxygen atoms in total. The lowest BCUT2D eigenvalue weighted by molar-refractivity contribution is -0.384. The van der Waals surface area contributed by atoms with Crippen LogP contribution in [0.4, 0.5) is 5.69 Å². The van der Waals surface area contributed by atoms with Crippen LogP contribution in [0.15, 0.2) is 48.5 Å². The molecule has 0 saturated carbocycles. The van der Waals surface area contributed by atoms with Gasteiger partial charge in [-0.05, 0) is 36.1 Å². The maximum Gasteiger partial charge on any atom is 0.269 e. The summed E-state index contributed by atoms with van der Waals surface area (Å²) >= 11 is 6.01. The van der Waals surface area contributed by atoms with Gasteiger partial charge in [-0.1, -0.05) is 35.9 Å². The van der Waals surface area contributed by atoms with Crippen molar-refractivity contribution in [1.29, 1.82) is 0 Å². The van der Waals surface area contributed by atoms with Gasteiger partial charge in [-0.15, -0.1) is 0 Å². The fourth-order valence-electron chi connectivity index (χ4n) is 3.11. The molecule has 1 heterocycles. The average Bonchev–Trinajstić information content (AvgIpc) is 2.61. The first-order chi connectivity index (χ1) is 11.6. The Morgan fingerprint density at radius 3 is 2.54 bits per heavy atom. The summed E-state index contributed by atoms with van der Waals surface area (Å²) in [7, 11) is 0. The number of nitrogens with zero attached hydrogens (tertiary/aromatic N) is 1. The highest BCUT2D eigenvalue weighted by Gasteiger charge is 2.33. The zero-order valence-electron chi connectivity index (χ0n) is 13.2. The first-order valence-electron chi connectivity index (χ1n) is 7.91. The number of hydrogen-bond acceptors (Lipinski definition) is 4. The first-order valence-corrected chi connectivity index (χ1v) is 8.29. The predicted octanol–water partition coefficient (Wildman–Crippen LogP) is 4.04. The number of nitro benzene ring substituents is 1. The summed E-state index contributed by atoms with van der Waals surface area (Å²) in [6.45, 7) is 1.93. The van der Waals surface area contributed by atoms with E-state index in [0.717, 1.165) is 18.4 Å². The van der Waals surface area contributed by atoms with Crippen LogP contribution in [0.2, 0.25) is 5.02 Å². The van der Waals surface area contributed by atoms with Crippen molar-refractivity contribution in [2.45, 2.75) is 24.9 Å². The van der Waals surface area contributed by atoms with Crippen molar-refractivity contribution in [1.82, 2.24) is 5.32 Å². The molecule has 1 N–H and O–H groups in total. The normalized spacial score (nSPS) is 16.7. The molecule has 6 heteroatoms. The lowest BCUT2D eigenvalue weighted by Crippen LogP contribution is -2.46.